The number of carbonyl (C=O) groups is 4. The van der Waals surface area contributed by atoms with E-state index in [1.807, 2.05) is 0 Å². The Balaban J connectivity index is 3.04. The zero-order chi connectivity index (χ0) is 18.4. The Kier molecular flexibility index (Phi) is 7.15. The highest BCUT2D eigenvalue weighted by atomic mass is 16.7. The predicted molar refractivity (Wildman–Crippen MR) is 77.3 cm³/mol. The van der Waals surface area contributed by atoms with Crippen LogP contribution >= 0.6 is 0 Å². The van der Waals surface area contributed by atoms with Crippen molar-refractivity contribution in [3.8, 4) is 0 Å². The lowest BCUT2D eigenvalue weighted by atomic mass is 9.90. The van der Waals surface area contributed by atoms with Crippen LogP contribution in [0.1, 0.15) is 34.6 Å². The van der Waals surface area contributed by atoms with E-state index in [1.54, 1.807) is 6.92 Å². The molecule has 1 aliphatic heterocycles. The molecule has 0 N–H and O–H groups in total. The quantitative estimate of drug-likeness (QED) is 0.513. The number of carbonyl (C=O) groups excluding carboxylic acids is 4. The van der Waals surface area contributed by atoms with Crippen molar-refractivity contribution in [2.45, 2.75) is 59.2 Å². The summed E-state index contributed by atoms with van der Waals surface area (Å²) in [6.45, 7) is 6.26. The van der Waals surface area contributed by atoms with Crippen LogP contribution in [0, 0.1) is 5.92 Å². The van der Waals surface area contributed by atoms with Crippen molar-refractivity contribution in [2.24, 2.45) is 5.92 Å². The van der Waals surface area contributed by atoms with Crippen LogP contribution in [0.3, 0.4) is 0 Å². The van der Waals surface area contributed by atoms with Crippen LogP contribution in [-0.2, 0) is 42.9 Å². The molecule has 0 aromatic rings. The van der Waals surface area contributed by atoms with Gasteiger partial charge in [-0.2, -0.15) is 0 Å². The van der Waals surface area contributed by atoms with Crippen molar-refractivity contribution in [3.63, 3.8) is 0 Å². The van der Waals surface area contributed by atoms with Gasteiger partial charge in [0.2, 0.25) is 6.29 Å². The lowest BCUT2D eigenvalue weighted by Crippen LogP contribution is -2.58. The molecule has 0 aliphatic carbocycles. The van der Waals surface area contributed by atoms with Gasteiger partial charge in [-0.25, -0.2) is 0 Å². The molecule has 0 spiro atoms. The fourth-order valence-corrected chi connectivity index (χ4v) is 2.42. The van der Waals surface area contributed by atoms with E-state index in [-0.39, 0.29) is 6.61 Å². The van der Waals surface area contributed by atoms with Crippen LogP contribution in [0.4, 0.5) is 0 Å². The molecule has 1 fully saturated rings. The number of esters is 4. The van der Waals surface area contributed by atoms with E-state index < -0.39 is 54.4 Å². The summed E-state index contributed by atoms with van der Waals surface area (Å²) in [5.74, 6) is -2.92. The summed E-state index contributed by atoms with van der Waals surface area (Å²) in [4.78, 5) is 45.0. The van der Waals surface area contributed by atoms with Gasteiger partial charge in [0, 0.05) is 33.6 Å². The number of hydrogen-bond acceptors (Lipinski definition) is 9. The average molecular weight is 346 g/mol. The Labute approximate surface area is 139 Å². The highest BCUT2D eigenvalue weighted by Crippen LogP contribution is 2.31. The van der Waals surface area contributed by atoms with Crippen LogP contribution in [0.15, 0.2) is 0 Å². The Morgan fingerprint density at radius 3 is 1.75 bits per heavy atom. The molecule has 0 amide bonds. The van der Waals surface area contributed by atoms with Gasteiger partial charge in [0.1, 0.15) is 18.8 Å². The van der Waals surface area contributed by atoms with E-state index in [4.69, 9.17) is 23.7 Å². The van der Waals surface area contributed by atoms with Crippen LogP contribution in [0.5, 0.6) is 0 Å². The molecule has 5 atom stereocenters. The summed E-state index contributed by atoms with van der Waals surface area (Å²) < 4.78 is 25.9. The van der Waals surface area contributed by atoms with E-state index in [0.29, 0.717) is 0 Å². The first-order valence-electron chi connectivity index (χ1n) is 7.42. The predicted octanol–water partition coefficient (Wildman–Crippen LogP) is 0.337. The monoisotopic (exact) mass is 346 g/mol. The molecular formula is C15H22O9. The topological polar surface area (TPSA) is 114 Å². The summed E-state index contributed by atoms with van der Waals surface area (Å²) in [6, 6.07) is 0. The highest BCUT2D eigenvalue weighted by molar-refractivity contribution is 5.68. The molecule has 0 radical (unpaired) electrons. The standard InChI is InChI=1S/C15H22O9/c1-7-13(21-9(3)17)12(6-20-8(2)16)24-15(23-11(5)19)14(7)22-10(4)18/h7,12-15H,6H2,1-5H3/t7?,12?,13-,14?,15-/m1/s1. The van der Waals surface area contributed by atoms with Gasteiger partial charge in [-0.05, 0) is 0 Å². The lowest BCUT2D eigenvalue weighted by Gasteiger charge is -2.43. The van der Waals surface area contributed by atoms with Gasteiger partial charge in [-0.15, -0.1) is 0 Å². The molecule has 9 nitrogen and oxygen atoms in total. The first kappa shape index (κ1) is 19.9. The van der Waals surface area contributed by atoms with Crippen LogP contribution < -0.4 is 0 Å². The van der Waals surface area contributed by atoms with Gasteiger partial charge in [-0.3, -0.25) is 19.2 Å². The minimum atomic E-state index is -1.20. The minimum absolute atomic E-state index is 0.206. The van der Waals surface area contributed by atoms with Gasteiger partial charge in [0.05, 0.1) is 0 Å². The maximum Gasteiger partial charge on any atom is 0.305 e. The van der Waals surface area contributed by atoms with Crippen molar-refractivity contribution in [2.75, 3.05) is 6.61 Å². The molecule has 1 rings (SSSR count). The second-order valence-electron chi connectivity index (χ2n) is 5.46. The van der Waals surface area contributed by atoms with Crippen molar-refractivity contribution in [3.05, 3.63) is 0 Å². The van der Waals surface area contributed by atoms with Gasteiger partial charge in [-0.1, -0.05) is 6.92 Å². The van der Waals surface area contributed by atoms with Gasteiger partial charge < -0.3 is 23.7 Å². The number of ether oxygens (including phenoxy) is 5. The summed E-state index contributed by atoms with van der Waals surface area (Å²) >= 11 is 0. The zero-order valence-corrected chi connectivity index (χ0v) is 14.3. The fraction of sp³-hybridized carbons (Fsp3) is 0.733. The minimum Gasteiger partial charge on any atom is -0.463 e. The normalized spacial score (nSPS) is 29.3. The molecule has 24 heavy (non-hydrogen) atoms. The van der Waals surface area contributed by atoms with E-state index >= 15 is 0 Å². The van der Waals surface area contributed by atoms with Crippen LogP contribution in [-0.4, -0.2) is 55.1 Å². The third kappa shape index (κ3) is 5.80. The molecule has 0 aromatic carbocycles. The van der Waals surface area contributed by atoms with E-state index in [9.17, 15) is 19.2 Å². The molecule has 3 unspecified atom stereocenters. The highest BCUT2D eigenvalue weighted by Gasteiger charge is 2.49. The van der Waals surface area contributed by atoms with Crippen molar-refractivity contribution in [1.82, 2.24) is 0 Å². The molecule has 0 aromatic heterocycles. The molecule has 0 saturated carbocycles. The van der Waals surface area contributed by atoms with Crippen molar-refractivity contribution < 1.29 is 42.9 Å². The van der Waals surface area contributed by atoms with Gasteiger partial charge in [0.15, 0.2) is 6.10 Å². The zero-order valence-electron chi connectivity index (χ0n) is 14.3. The second-order valence-corrected chi connectivity index (χ2v) is 5.46. The van der Waals surface area contributed by atoms with Crippen LogP contribution in [0.25, 0.3) is 0 Å². The van der Waals surface area contributed by atoms with E-state index in [0.717, 1.165) is 0 Å². The summed E-state index contributed by atoms with van der Waals surface area (Å²) in [6.07, 6.45) is -3.89. The van der Waals surface area contributed by atoms with Crippen LogP contribution in [0.2, 0.25) is 0 Å². The largest absolute Gasteiger partial charge is 0.463 e. The molecule has 1 heterocycles. The van der Waals surface area contributed by atoms with Gasteiger partial charge in [0.25, 0.3) is 0 Å². The maximum atomic E-state index is 11.4. The Morgan fingerprint density at radius 2 is 1.29 bits per heavy atom. The number of rotatable bonds is 5. The SMILES string of the molecule is CC(=O)OCC1O[C@@H](OC(C)=O)C(OC(C)=O)C(C)[C@H]1OC(C)=O. The third-order valence-corrected chi connectivity index (χ3v) is 3.32. The lowest BCUT2D eigenvalue weighted by molar-refractivity contribution is -0.285. The maximum absolute atomic E-state index is 11.4. The molecule has 0 bridgehead atoms. The first-order valence-corrected chi connectivity index (χ1v) is 7.42. The smallest absolute Gasteiger partial charge is 0.305 e. The van der Waals surface area contributed by atoms with E-state index in [1.165, 1.54) is 27.7 Å². The Hall–Kier alpha value is -2.16. The molecule has 1 saturated heterocycles. The van der Waals surface area contributed by atoms with E-state index in [2.05, 4.69) is 0 Å². The molecule has 9 heteroatoms. The molecule has 1 aliphatic rings. The fourth-order valence-electron chi connectivity index (χ4n) is 2.42. The third-order valence-electron chi connectivity index (χ3n) is 3.32. The molecule has 136 valence electrons. The second kappa shape index (κ2) is 8.62. The van der Waals surface area contributed by atoms with Crippen molar-refractivity contribution in [1.29, 1.82) is 0 Å². The summed E-state index contributed by atoms with van der Waals surface area (Å²) in [5, 5.41) is 0. The summed E-state index contributed by atoms with van der Waals surface area (Å²) in [7, 11) is 0. The summed E-state index contributed by atoms with van der Waals surface area (Å²) in [5.41, 5.74) is 0. The number of hydrogen-bond donors (Lipinski definition) is 0. The molecular weight excluding hydrogens is 324 g/mol. The first-order chi connectivity index (χ1) is 11.1. The average Bonchev–Trinajstić information content (AvgIpc) is 2.42. The van der Waals surface area contributed by atoms with Crippen molar-refractivity contribution >= 4 is 23.9 Å². The Morgan fingerprint density at radius 1 is 0.792 bits per heavy atom. The van der Waals surface area contributed by atoms with Gasteiger partial charge >= 0.3 is 23.9 Å². The Bertz CT molecular complexity index is 499.